The minimum atomic E-state index is 0. The average molecular weight is 416 g/mol. The first-order valence-corrected chi connectivity index (χ1v) is 9.97. The van der Waals surface area contributed by atoms with E-state index in [0.29, 0.717) is 18.4 Å². The summed E-state index contributed by atoms with van der Waals surface area (Å²) in [7, 11) is 0. The van der Waals surface area contributed by atoms with E-state index >= 15 is 0 Å². The van der Waals surface area contributed by atoms with E-state index in [-0.39, 0.29) is 30.7 Å². The topological polar surface area (TPSA) is 44.4 Å². The van der Waals surface area contributed by atoms with E-state index in [4.69, 9.17) is 0 Å². The van der Waals surface area contributed by atoms with Crippen LogP contribution in [0.3, 0.4) is 0 Å². The summed E-state index contributed by atoms with van der Waals surface area (Å²) in [6, 6.07) is 11.0. The third-order valence-electron chi connectivity index (χ3n) is 5.82. The summed E-state index contributed by atoms with van der Waals surface area (Å²) in [5.41, 5.74) is 1.37. The molecule has 0 spiro atoms. The number of likely N-dealkylation sites (tertiary alicyclic amines) is 1. The monoisotopic (exact) mass is 415 g/mol. The Morgan fingerprint density at radius 2 is 1.85 bits per heavy atom. The molecule has 2 heterocycles. The maximum Gasteiger partial charge on any atom is 0.220 e. The maximum absolute atomic E-state index is 12.3. The van der Waals surface area contributed by atoms with Gasteiger partial charge >= 0.3 is 0 Å². The summed E-state index contributed by atoms with van der Waals surface area (Å²) in [5.74, 6) is 1.50. The fraction of sp³-hybridized carbons (Fsp3) is 0.667. The molecule has 2 unspecified atom stereocenters. The van der Waals surface area contributed by atoms with Gasteiger partial charge in [-0.1, -0.05) is 37.3 Å². The first-order chi connectivity index (χ1) is 12.2. The van der Waals surface area contributed by atoms with Gasteiger partial charge in [-0.05, 0) is 56.2 Å². The van der Waals surface area contributed by atoms with E-state index in [2.05, 4.69) is 52.8 Å². The zero-order chi connectivity index (χ0) is 17.5. The van der Waals surface area contributed by atoms with Crippen molar-refractivity contribution in [2.45, 2.75) is 51.6 Å². The van der Waals surface area contributed by atoms with Crippen LogP contribution in [0, 0.1) is 11.8 Å². The predicted octanol–water partition coefficient (Wildman–Crippen LogP) is 3.64. The molecule has 154 valence electrons. The van der Waals surface area contributed by atoms with Crippen molar-refractivity contribution in [3.63, 3.8) is 0 Å². The van der Waals surface area contributed by atoms with Gasteiger partial charge < -0.3 is 10.6 Å². The summed E-state index contributed by atoms with van der Waals surface area (Å²) < 4.78 is 0. The molecule has 1 aromatic carbocycles. The molecule has 2 aliphatic rings. The van der Waals surface area contributed by atoms with E-state index < -0.39 is 0 Å². The molecular weight excluding hydrogens is 381 g/mol. The van der Waals surface area contributed by atoms with E-state index in [1.54, 1.807) is 0 Å². The molecule has 2 N–H and O–H groups in total. The predicted molar refractivity (Wildman–Crippen MR) is 117 cm³/mol. The van der Waals surface area contributed by atoms with Crippen molar-refractivity contribution < 1.29 is 4.79 Å². The number of carbonyl (C=O) groups is 1. The normalized spacial score (nSPS) is 23.7. The molecule has 2 aliphatic heterocycles. The Labute approximate surface area is 176 Å². The fourth-order valence-corrected chi connectivity index (χ4v) is 4.22. The number of halogens is 2. The highest BCUT2D eigenvalue weighted by molar-refractivity contribution is 5.85. The Balaban J connectivity index is 0.00000182. The van der Waals surface area contributed by atoms with Crippen molar-refractivity contribution in [2.75, 3.05) is 26.2 Å². The van der Waals surface area contributed by atoms with E-state index in [1.165, 1.54) is 18.4 Å². The van der Waals surface area contributed by atoms with Gasteiger partial charge in [0.2, 0.25) is 5.91 Å². The average Bonchev–Trinajstić information content (AvgIpc) is 2.64. The van der Waals surface area contributed by atoms with Crippen LogP contribution >= 0.6 is 24.8 Å². The van der Waals surface area contributed by atoms with Gasteiger partial charge in [0, 0.05) is 32.1 Å². The number of hydrogen-bond acceptors (Lipinski definition) is 3. The van der Waals surface area contributed by atoms with E-state index in [1.807, 2.05) is 0 Å². The standard InChI is InChI=1S/C21H33N3O.2ClH/c1-17-15-24(16-19-5-3-2-4-6-19)14-11-20(17)23-21(25)8-7-18-9-12-22-13-10-18;;/h2-6,17-18,20,22H,7-16H2,1H3,(H,23,25);2*1H. The Morgan fingerprint density at radius 1 is 1.15 bits per heavy atom. The molecule has 0 aromatic heterocycles. The van der Waals surface area contributed by atoms with E-state index in [9.17, 15) is 4.79 Å². The van der Waals surface area contributed by atoms with E-state index in [0.717, 1.165) is 51.5 Å². The molecule has 0 saturated carbocycles. The van der Waals surface area contributed by atoms with Gasteiger partial charge in [-0.25, -0.2) is 0 Å². The lowest BCUT2D eigenvalue weighted by atomic mass is 9.91. The second-order valence-electron chi connectivity index (χ2n) is 7.89. The summed E-state index contributed by atoms with van der Waals surface area (Å²) in [6.07, 6.45) is 5.26. The Morgan fingerprint density at radius 3 is 2.52 bits per heavy atom. The number of piperidine rings is 2. The van der Waals surface area contributed by atoms with Gasteiger partial charge in [0.1, 0.15) is 0 Å². The lowest BCUT2D eigenvalue weighted by Crippen LogP contribution is -2.49. The molecular formula is C21H35Cl2N3O. The van der Waals surface area contributed by atoms with Gasteiger partial charge in [0.15, 0.2) is 0 Å². The molecule has 2 fully saturated rings. The minimum absolute atomic E-state index is 0. The third-order valence-corrected chi connectivity index (χ3v) is 5.82. The van der Waals surface area contributed by atoms with Crippen LogP contribution in [0.15, 0.2) is 30.3 Å². The van der Waals surface area contributed by atoms with Crippen molar-refractivity contribution >= 4 is 30.7 Å². The molecule has 3 rings (SSSR count). The highest BCUT2D eigenvalue weighted by Crippen LogP contribution is 2.20. The minimum Gasteiger partial charge on any atom is -0.353 e. The second kappa shape index (κ2) is 12.6. The molecule has 0 radical (unpaired) electrons. The van der Waals surface area contributed by atoms with Gasteiger partial charge in [0.25, 0.3) is 0 Å². The molecule has 2 saturated heterocycles. The van der Waals surface area contributed by atoms with Crippen LogP contribution in [0.5, 0.6) is 0 Å². The SMILES string of the molecule is CC1CN(Cc2ccccc2)CCC1NC(=O)CCC1CCNCC1.Cl.Cl. The van der Waals surface area contributed by atoms with Gasteiger partial charge in [-0.2, -0.15) is 0 Å². The summed E-state index contributed by atoms with van der Waals surface area (Å²) >= 11 is 0. The number of nitrogens with one attached hydrogen (secondary N) is 2. The van der Waals surface area contributed by atoms with Crippen molar-refractivity contribution in [1.29, 1.82) is 0 Å². The Kier molecular flexibility index (Phi) is 11.3. The molecule has 2 atom stereocenters. The van der Waals surface area contributed by atoms with Crippen LogP contribution in [0.2, 0.25) is 0 Å². The number of benzene rings is 1. The molecule has 0 aliphatic carbocycles. The van der Waals surface area contributed by atoms with Crippen LogP contribution < -0.4 is 10.6 Å². The molecule has 1 aromatic rings. The van der Waals surface area contributed by atoms with Crippen molar-refractivity contribution in [3.8, 4) is 0 Å². The third kappa shape index (κ3) is 7.98. The summed E-state index contributed by atoms with van der Waals surface area (Å²) in [4.78, 5) is 14.8. The van der Waals surface area contributed by atoms with Gasteiger partial charge in [0.05, 0.1) is 0 Å². The molecule has 27 heavy (non-hydrogen) atoms. The number of nitrogens with zero attached hydrogens (tertiary/aromatic N) is 1. The van der Waals surface area contributed by atoms with Crippen LogP contribution in [0.1, 0.15) is 44.6 Å². The molecule has 6 heteroatoms. The van der Waals surface area contributed by atoms with Crippen molar-refractivity contribution in [3.05, 3.63) is 35.9 Å². The molecule has 1 amide bonds. The van der Waals surface area contributed by atoms with Crippen LogP contribution in [-0.4, -0.2) is 43.0 Å². The van der Waals surface area contributed by atoms with Gasteiger partial charge in [-0.15, -0.1) is 24.8 Å². The van der Waals surface area contributed by atoms with Crippen molar-refractivity contribution in [1.82, 2.24) is 15.5 Å². The Bertz CT molecular complexity index is 537. The van der Waals surface area contributed by atoms with Crippen molar-refractivity contribution in [2.24, 2.45) is 11.8 Å². The second-order valence-corrected chi connectivity index (χ2v) is 7.89. The lowest BCUT2D eigenvalue weighted by Gasteiger charge is -2.37. The van der Waals surface area contributed by atoms with Gasteiger partial charge in [-0.3, -0.25) is 9.69 Å². The quantitative estimate of drug-likeness (QED) is 0.744. The Hall–Kier alpha value is -0.810. The smallest absolute Gasteiger partial charge is 0.220 e. The molecule has 4 nitrogen and oxygen atoms in total. The zero-order valence-corrected chi connectivity index (χ0v) is 18.0. The summed E-state index contributed by atoms with van der Waals surface area (Å²) in [5, 5.41) is 6.70. The number of rotatable bonds is 6. The first kappa shape index (κ1) is 24.2. The largest absolute Gasteiger partial charge is 0.353 e. The van der Waals surface area contributed by atoms with Crippen LogP contribution in [-0.2, 0) is 11.3 Å². The molecule has 0 bridgehead atoms. The highest BCUT2D eigenvalue weighted by Gasteiger charge is 2.27. The lowest BCUT2D eigenvalue weighted by molar-refractivity contribution is -0.122. The van der Waals surface area contributed by atoms with Crippen LogP contribution in [0.25, 0.3) is 0 Å². The number of amides is 1. The summed E-state index contributed by atoms with van der Waals surface area (Å²) in [6.45, 7) is 7.65. The number of hydrogen-bond donors (Lipinski definition) is 2. The zero-order valence-electron chi connectivity index (χ0n) is 16.4. The highest BCUT2D eigenvalue weighted by atomic mass is 35.5. The fourth-order valence-electron chi connectivity index (χ4n) is 4.22. The maximum atomic E-state index is 12.3. The number of carbonyl (C=O) groups excluding carboxylic acids is 1. The first-order valence-electron chi connectivity index (χ1n) is 9.97. The van der Waals surface area contributed by atoms with Crippen LogP contribution in [0.4, 0.5) is 0 Å².